The summed E-state index contributed by atoms with van der Waals surface area (Å²) in [6.45, 7) is 5.39. The zero-order valence-electron chi connectivity index (χ0n) is 13.0. The van der Waals surface area contributed by atoms with Gasteiger partial charge in [-0.05, 0) is 36.0 Å². The Bertz CT molecular complexity index is 563. The van der Waals surface area contributed by atoms with Crippen LogP contribution in [0.25, 0.3) is 0 Å². The molecule has 0 aliphatic carbocycles. The summed E-state index contributed by atoms with van der Waals surface area (Å²) < 4.78 is 3.07. The normalized spacial score (nSPS) is 12.8. The van der Waals surface area contributed by atoms with E-state index >= 15 is 0 Å². The summed E-state index contributed by atoms with van der Waals surface area (Å²) in [5.41, 5.74) is 2.69. The first-order valence-corrected chi connectivity index (χ1v) is 8.31. The molecule has 1 aromatic carbocycles. The number of halogens is 1. The van der Waals surface area contributed by atoms with Crippen LogP contribution >= 0.6 is 15.9 Å². The third-order valence-corrected chi connectivity index (χ3v) is 4.38. The molecule has 0 radical (unpaired) electrons. The molecule has 1 aromatic heterocycles. The molecule has 2 aromatic rings. The highest BCUT2D eigenvalue weighted by Crippen LogP contribution is 2.28. The van der Waals surface area contributed by atoms with Crippen LogP contribution in [-0.4, -0.2) is 22.4 Å². The topological polar surface area (TPSA) is 29.9 Å². The van der Waals surface area contributed by atoms with E-state index in [1.165, 1.54) is 15.6 Å². The van der Waals surface area contributed by atoms with Gasteiger partial charge in [-0.1, -0.05) is 48.0 Å². The van der Waals surface area contributed by atoms with Crippen LogP contribution in [0.2, 0.25) is 0 Å². The van der Waals surface area contributed by atoms with Crippen molar-refractivity contribution in [1.29, 1.82) is 0 Å². The first-order valence-electron chi connectivity index (χ1n) is 7.51. The monoisotopic (exact) mass is 349 g/mol. The van der Waals surface area contributed by atoms with Crippen molar-refractivity contribution in [2.45, 2.75) is 38.6 Å². The number of nitrogens with zero attached hydrogens (tertiary/aromatic N) is 2. The van der Waals surface area contributed by atoms with Crippen LogP contribution in [0.1, 0.15) is 37.3 Å². The quantitative estimate of drug-likeness (QED) is 0.821. The van der Waals surface area contributed by atoms with Crippen LogP contribution in [0, 0.1) is 0 Å². The molecular weight excluding hydrogens is 326 g/mol. The Morgan fingerprint density at radius 2 is 2.05 bits per heavy atom. The number of rotatable bonds is 7. The summed E-state index contributed by atoms with van der Waals surface area (Å²) in [6, 6.07) is 9.05. The van der Waals surface area contributed by atoms with Crippen LogP contribution in [0.4, 0.5) is 0 Å². The molecule has 3 nitrogen and oxygen atoms in total. The van der Waals surface area contributed by atoms with E-state index in [9.17, 15) is 0 Å². The summed E-state index contributed by atoms with van der Waals surface area (Å²) in [5, 5.41) is 7.82. The van der Waals surface area contributed by atoms with Gasteiger partial charge in [0.15, 0.2) is 0 Å². The minimum atomic E-state index is 0.503. The second kappa shape index (κ2) is 7.76. The average molecular weight is 350 g/mol. The molecule has 0 saturated carbocycles. The van der Waals surface area contributed by atoms with Gasteiger partial charge >= 0.3 is 0 Å². The van der Waals surface area contributed by atoms with Gasteiger partial charge in [-0.25, -0.2) is 0 Å². The maximum Gasteiger partial charge on any atom is 0.0521 e. The van der Waals surface area contributed by atoms with E-state index in [1.54, 1.807) is 0 Å². The van der Waals surface area contributed by atoms with Gasteiger partial charge in [-0.15, -0.1) is 0 Å². The number of aromatic nitrogens is 2. The van der Waals surface area contributed by atoms with Crippen molar-refractivity contribution in [2.24, 2.45) is 7.05 Å². The number of aryl methyl sites for hydroxylation is 2. The minimum Gasteiger partial charge on any atom is -0.314 e. The van der Waals surface area contributed by atoms with Crippen molar-refractivity contribution in [2.75, 3.05) is 6.54 Å². The molecule has 1 unspecified atom stereocenters. The van der Waals surface area contributed by atoms with Gasteiger partial charge in [-0.3, -0.25) is 4.68 Å². The van der Waals surface area contributed by atoms with Gasteiger partial charge in [0.05, 0.1) is 6.20 Å². The van der Waals surface area contributed by atoms with Crippen LogP contribution < -0.4 is 5.32 Å². The maximum atomic E-state index is 4.25. The number of hydrogen-bond acceptors (Lipinski definition) is 2. The number of nitrogens with one attached hydrogen (secondary N) is 1. The van der Waals surface area contributed by atoms with Crippen molar-refractivity contribution >= 4 is 15.9 Å². The van der Waals surface area contributed by atoms with E-state index in [2.05, 4.69) is 70.7 Å². The van der Waals surface area contributed by atoms with Gasteiger partial charge in [0.25, 0.3) is 0 Å². The predicted molar refractivity (Wildman–Crippen MR) is 91.6 cm³/mol. The summed E-state index contributed by atoms with van der Waals surface area (Å²) in [5.74, 6) is 0.503. The van der Waals surface area contributed by atoms with Crippen LogP contribution in [-0.2, 0) is 13.5 Å². The molecule has 2 rings (SSSR count). The van der Waals surface area contributed by atoms with Crippen LogP contribution in [0.3, 0.4) is 0 Å². The smallest absolute Gasteiger partial charge is 0.0521 e. The molecule has 0 amide bonds. The molecule has 1 atom stereocenters. The van der Waals surface area contributed by atoms with Crippen molar-refractivity contribution in [3.8, 4) is 0 Å². The Morgan fingerprint density at radius 1 is 1.29 bits per heavy atom. The van der Waals surface area contributed by atoms with E-state index in [-0.39, 0.29) is 0 Å². The molecular formula is C17H24BrN3. The SMILES string of the molecule is CC(C)NCC(CCc1cnn(C)c1)c1ccccc1Br. The number of hydrogen-bond donors (Lipinski definition) is 1. The molecule has 0 saturated heterocycles. The van der Waals surface area contributed by atoms with Gasteiger partial charge in [0, 0.05) is 30.3 Å². The molecule has 0 aliphatic heterocycles. The third kappa shape index (κ3) is 4.97. The van der Waals surface area contributed by atoms with E-state index in [0.717, 1.165) is 19.4 Å². The lowest BCUT2D eigenvalue weighted by Gasteiger charge is -2.20. The van der Waals surface area contributed by atoms with Crippen LogP contribution in [0.15, 0.2) is 41.1 Å². The Morgan fingerprint density at radius 3 is 2.67 bits per heavy atom. The van der Waals surface area contributed by atoms with Crippen molar-refractivity contribution in [3.63, 3.8) is 0 Å². The summed E-state index contributed by atoms with van der Waals surface area (Å²) in [6.07, 6.45) is 6.24. The summed E-state index contributed by atoms with van der Waals surface area (Å²) in [7, 11) is 1.97. The lowest BCUT2D eigenvalue weighted by Crippen LogP contribution is -2.28. The summed E-state index contributed by atoms with van der Waals surface area (Å²) >= 11 is 3.69. The first-order chi connectivity index (χ1) is 10.1. The first kappa shape index (κ1) is 16.2. The van der Waals surface area contributed by atoms with E-state index in [0.29, 0.717) is 12.0 Å². The summed E-state index contributed by atoms with van der Waals surface area (Å²) in [4.78, 5) is 0. The molecule has 1 N–H and O–H groups in total. The standard InChI is InChI=1S/C17H24BrN3/c1-13(2)19-11-15(16-6-4-5-7-17(16)18)9-8-14-10-20-21(3)12-14/h4-7,10,12-13,15,19H,8-9,11H2,1-3H3. The molecule has 4 heteroatoms. The second-order valence-electron chi connectivity index (χ2n) is 5.84. The Kier molecular flexibility index (Phi) is 6.00. The highest BCUT2D eigenvalue weighted by Gasteiger charge is 2.15. The number of benzene rings is 1. The predicted octanol–water partition coefficient (Wildman–Crippen LogP) is 3.90. The zero-order valence-corrected chi connectivity index (χ0v) is 14.6. The average Bonchev–Trinajstić information content (AvgIpc) is 2.85. The third-order valence-electron chi connectivity index (χ3n) is 3.66. The van der Waals surface area contributed by atoms with E-state index in [4.69, 9.17) is 0 Å². The zero-order chi connectivity index (χ0) is 15.2. The fraction of sp³-hybridized carbons (Fsp3) is 0.471. The van der Waals surface area contributed by atoms with Crippen molar-refractivity contribution in [1.82, 2.24) is 15.1 Å². The Balaban J connectivity index is 2.06. The lowest BCUT2D eigenvalue weighted by molar-refractivity contribution is 0.507. The van der Waals surface area contributed by atoms with Gasteiger partial charge < -0.3 is 5.32 Å². The fourth-order valence-corrected chi connectivity index (χ4v) is 3.10. The second-order valence-corrected chi connectivity index (χ2v) is 6.70. The molecule has 21 heavy (non-hydrogen) atoms. The fourth-order valence-electron chi connectivity index (χ4n) is 2.49. The molecule has 0 spiro atoms. The molecule has 0 bridgehead atoms. The van der Waals surface area contributed by atoms with E-state index < -0.39 is 0 Å². The lowest BCUT2D eigenvalue weighted by atomic mass is 9.92. The van der Waals surface area contributed by atoms with Crippen molar-refractivity contribution < 1.29 is 0 Å². The van der Waals surface area contributed by atoms with Gasteiger partial charge in [0.2, 0.25) is 0 Å². The largest absolute Gasteiger partial charge is 0.314 e. The molecule has 1 heterocycles. The minimum absolute atomic E-state index is 0.503. The molecule has 0 fully saturated rings. The highest BCUT2D eigenvalue weighted by atomic mass is 79.9. The highest BCUT2D eigenvalue weighted by molar-refractivity contribution is 9.10. The maximum absolute atomic E-state index is 4.25. The Hall–Kier alpha value is -1.13. The molecule has 114 valence electrons. The van der Waals surface area contributed by atoms with Gasteiger partial charge in [0.1, 0.15) is 0 Å². The van der Waals surface area contributed by atoms with E-state index in [1.807, 2.05) is 17.9 Å². The van der Waals surface area contributed by atoms with Crippen molar-refractivity contribution in [3.05, 3.63) is 52.3 Å². The van der Waals surface area contributed by atoms with Gasteiger partial charge in [-0.2, -0.15) is 5.10 Å². The molecule has 0 aliphatic rings. The van der Waals surface area contributed by atoms with Crippen LogP contribution in [0.5, 0.6) is 0 Å². The Labute approximate surface area is 135 Å².